The van der Waals surface area contributed by atoms with E-state index in [1.807, 2.05) is 18.3 Å². The third kappa shape index (κ3) is 3.65. The van der Waals surface area contributed by atoms with E-state index in [4.69, 9.17) is 4.52 Å². The fourth-order valence-electron chi connectivity index (χ4n) is 4.47. The van der Waals surface area contributed by atoms with Gasteiger partial charge in [0.25, 0.3) is 0 Å². The first-order valence-electron chi connectivity index (χ1n) is 10.2. The molecule has 0 spiro atoms. The van der Waals surface area contributed by atoms with Gasteiger partial charge in [0.1, 0.15) is 11.6 Å². The lowest BCUT2D eigenvalue weighted by Crippen LogP contribution is -2.34. The molecule has 2 aromatic heterocycles. The first-order valence-corrected chi connectivity index (χ1v) is 10.2. The summed E-state index contributed by atoms with van der Waals surface area (Å²) in [5.74, 6) is -0.134. The lowest BCUT2D eigenvalue weighted by molar-refractivity contribution is 0.204. The average Bonchev–Trinajstić information content (AvgIpc) is 3.32. The third-order valence-electron chi connectivity index (χ3n) is 6.05. The molecule has 0 bridgehead atoms. The Morgan fingerprint density at radius 2 is 1.76 bits per heavy atom. The molecule has 4 aromatic rings. The summed E-state index contributed by atoms with van der Waals surface area (Å²) in [5.41, 5.74) is 2.44. The molecular formula is C23H23F2N3O. The molecule has 29 heavy (non-hydrogen) atoms. The zero-order valence-electron chi connectivity index (χ0n) is 16.2. The molecule has 0 unspecified atom stereocenters. The molecular weight excluding hydrogens is 372 g/mol. The highest BCUT2D eigenvalue weighted by molar-refractivity contribution is 5.80. The summed E-state index contributed by atoms with van der Waals surface area (Å²) < 4.78 is 34.3. The van der Waals surface area contributed by atoms with Crippen molar-refractivity contribution in [2.24, 2.45) is 0 Å². The molecule has 6 heteroatoms. The van der Waals surface area contributed by atoms with Gasteiger partial charge in [-0.3, -0.25) is 0 Å². The minimum absolute atomic E-state index is 0.192. The van der Waals surface area contributed by atoms with Crippen LogP contribution in [0.1, 0.15) is 30.9 Å². The van der Waals surface area contributed by atoms with Crippen LogP contribution in [-0.2, 0) is 6.54 Å². The number of rotatable bonds is 5. The van der Waals surface area contributed by atoms with Gasteiger partial charge in [-0.25, -0.2) is 8.78 Å². The zero-order valence-corrected chi connectivity index (χ0v) is 16.2. The quantitative estimate of drug-likeness (QED) is 0.458. The van der Waals surface area contributed by atoms with Gasteiger partial charge in [0.15, 0.2) is 5.58 Å². The zero-order chi connectivity index (χ0) is 19.8. The van der Waals surface area contributed by atoms with E-state index in [1.165, 1.54) is 18.2 Å². The number of piperidine rings is 1. The molecule has 5 rings (SSSR count). The molecule has 150 valence electrons. The Kier molecular flexibility index (Phi) is 4.79. The summed E-state index contributed by atoms with van der Waals surface area (Å²) in [6.45, 7) is 3.93. The van der Waals surface area contributed by atoms with Gasteiger partial charge in [0, 0.05) is 30.1 Å². The highest BCUT2D eigenvalue weighted by Gasteiger charge is 2.25. The summed E-state index contributed by atoms with van der Waals surface area (Å²) in [6.07, 6.45) is 5.11. The number of likely N-dealkylation sites (tertiary alicyclic amines) is 1. The van der Waals surface area contributed by atoms with Crippen molar-refractivity contribution < 1.29 is 13.3 Å². The third-order valence-corrected chi connectivity index (χ3v) is 6.05. The number of benzene rings is 2. The highest BCUT2D eigenvalue weighted by atomic mass is 19.1. The van der Waals surface area contributed by atoms with E-state index in [9.17, 15) is 8.78 Å². The number of halogens is 2. The van der Waals surface area contributed by atoms with Crippen molar-refractivity contribution in [3.63, 3.8) is 0 Å². The second kappa shape index (κ2) is 7.59. The molecule has 0 radical (unpaired) electrons. The molecule has 1 fully saturated rings. The predicted octanol–water partition coefficient (Wildman–Crippen LogP) is 5.33. The van der Waals surface area contributed by atoms with Gasteiger partial charge in [0.2, 0.25) is 0 Å². The average molecular weight is 395 g/mol. The Hall–Kier alpha value is -2.73. The van der Waals surface area contributed by atoms with Crippen LogP contribution < -0.4 is 0 Å². The minimum Gasteiger partial charge on any atom is -0.356 e. The summed E-state index contributed by atoms with van der Waals surface area (Å²) in [5, 5.41) is 6.23. The number of hydrogen-bond acceptors (Lipinski definition) is 3. The van der Waals surface area contributed by atoms with Gasteiger partial charge in [-0.1, -0.05) is 5.16 Å². The maximum atomic E-state index is 13.5. The first kappa shape index (κ1) is 18.3. The van der Waals surface area contributed by atoms with E-state index in [-0.39, 0.29) is 11.6 Å². The Labute approximate surface area is 167 Å². The fraction of sp³-hybridized carbons (Fsp3) is 0.348. The van der Waals surface area contributed by atoms with Gasteiger partial charge in [-0.05, 0) is 80.7 Å². The van der Waals surface area contributed by atoms with Crippen LogP contribution in [0, 0.1) is 11.6 Å². The molecule has 0 atom stereocenters. The molecule has 4 nitrogen and oxygen atoms in total. The van der Waals surface area contributed by atoms with Gasteiger partial charge < -0.3 is 14.0 Å². The lowest BCUT2D eigenvalue weighted by Gasteiger charge is -2.31. The number of aryl methyl sites for hydroxylation is 1. The fourth-order valence-corrected chi connectivity index (χ4v) is 4.47. The molecule has 0 amide bonds. The standard InChI is InChI=1S/C23H23F2N3O/c24-18-3-2-16-8-13-28(21(16)14-18)10-1-9-27-11-6-17(7-12-27)23-20-5-4-19(25)15-22(20)29-26-23/h2-5,8,13-15,17H,1,6-7,9-12H2. The molecule has 2 aromatic carbocycles. The van der Waals surface area contributed by atoms with Crippen LogP contribution >= 0.6 is 0 Å². The van der Waals surface area contributed by atoms with Gasteiger partial charge in [0.05, 0.1) is 11.2 Å². The molecule has 0 saturated carbocycles. The Morgan fingerprint density at radius 3 is 2.62 bits per heavy atom. The van der Waals surface area contributed by atoms with E-state index in [2.05, 4.69) is 14.6 Å². The highest BCUT2D eigenvalue weighted by Crippen LogP contribution is 2.32. The molecule has 3 heterocycles. The van der Waals surface area contributed by atoms with Crippen LogP contribution in [0.3, 0.4) is 0 Å². The smallest absolute Gasteiger partial charge is 0.170 e. The lowest BCUT2D eigenvalue weighted by atomic mass is 9.91. The van der Waals surface area contributed by atoms with Crippen LogP contribution in [0.25, 0.3) is 21.9 Å². The topological polar surface area (TPSA) is 34.2 Å². The second-order valence-corrected chi connectivity index (χ2v) is 7.89. The van der Waals surface area contributed by atoms with Gasteiger partial charge in [-0.15, -0.1) is 0 Å². The van der Waals surface area contributed by atoms with Gasteiger partial charge in [-0.2, -0.15) is 0 Å². The molecule has 1 aliphatic rings. The van der Waals surface area contributed by atoms with E-state index in [0.29, 0.717) is 11.5 Å². The Bertz CT molecular complexity index is 1140. The van der Waals surface area contributed by atoms with Crippen molar-refractivity contribution in [3.05, 3.63) is 66.0 Å². The normalized spacial score (nSPS) is 16.2. The number of fused-ring (bicyclic) bond motifs is 2. The number of aromatic nitrogens is 2. The van der Waals surface area contributed by atoms with E-state index in [0.717, 1.165) is 67.4 Å². The summed E-state index contributed by atoms with van der Waals surface area (Å²) in [6, 6.07) is 11.6. The summed E-state index contributed by atoms with van der Waals surface area (Å²) in [7, 11) is 0. The van der Waals surface area contributed by atoms with E-state index < -0.39 is 0 Å². The van der Waals surface area contributed by atoms with Crippen molar-refractivity contribution >= 4 is 21.9 Å². The Morgan fingerprint density at radius 1 is 0.966 bits per heavy atom. The molecule has 0 aliphatic carbocycles. The monoisotopic (exact) mass is 395 g/mol. The van der Waals surface area contributed by atoms with Crippen LogP contribution in [-0.4, -0.2) is 34.3 Å². The van der Waals surface area contributed by atoms with Crippen molar-refractivity contribution in [2.45, 2.75) is 31.7 Å². The summed E-state index contributed by atoms with van der Waals surface area (Å²) >= 11 is 0. The van der Waals surface area contributed by atoms with Crippen molar-refractivity contribution in [2.75, 3.05) is 19.6 Å². The van der Waals surface area contributed by atoms with Crippen LogP contribution in [0.5, 0.6) is 0 Å². The maximum Gasteiger partial charge on any atom is 0.170 e. The van der Waals surface area contributed by atoms with Crippen molar-refractivity contribution in [1.82, 2.24) is 14.6 Å². The van der Waals surface area contributed by atoms with E-state index in [1.54, 1.807) is 12.1 Å². The predicted molar refractivity (Wildman–Crippen MR) is 109 cm³/mol. The second-order valence-electron chi connectivity index (χ2n) is 7.89. The SMILES string of the molecule is Fc1ccc2c(C3CCN(CCCn4ccc5ccc(F)cc54)CC3)noc2c1. The molecule has 0 N–H and O–H groups in total. The number of hydrogen-bond donors (Lipinski definition) is 0. The van der Waals surface area contributed by atoms with Crippen LogP contribution in [0.2, 0.25) is 0 Å². The number of nitrogens with zero attached hydrogens (tertiary/aromatic N) is 3. The van der Waals surface area contributed by atoms with Gasteiger partial charge >= 0.3 is 0 Å². The van der Waals surface area contributed by atoms with E-state index >= 15 is 0 Å². The molecule has 1 saturated heterocycles. The van der Waals surface area contributed by atoms with Crippen molar-refractivity contribution in [1.29, 1.82) is 0 Å². The van der Waals surface area contributed by atoms with Crippen LogP contribution in [0.4, 0.5) is 8.78 Å². The minimum atomic E-state index is -0.298. The largest absolute Gasteiger partial charge is 0.356 e. The molecule has 1 aliphatic heterocycles. The van der Waals surface area contributed by atoms with Crippen LogP contribution in [0.15, 0.2) is 53.2 Å². The van der Waals surface area contributed by atoms with Crippen molar-refractivity contribution in [3.8, 4) is 0 Å². The maximum absolute atomic E-state index is 13.5. The Balaban J connectivity index is 1.16. The summed E-state index contributed by atoms with van der Waals surface area (Å²) in [4.78, 5) is 2.48. The first-order chi connectivity index (χ1) is 14.2.